The van der Waals surface area contributed by atoms with Crippen molar-refractivity contribution in [1.29, 1.82) is 0 Å². The largest absolute Gasteiger partial charge is 0.346 e. The van der Waals surface area contributed by atoms with Gasteiger partial charge in [0, 0.05) is 9.13 Å². The zero-order valence-electron chi connectivity index (χ0n) is 11.5. The molecule has 0 spiro atoms. The maximum absolute atomic E-state index is 12.2. The number of thiophene rings is 1. The molecule has 2 N–H and O–H groups in total. The molecule has 0 bridgehead atoms. The Labute approximate surface area is 137 Å². The van der Waals surface area contributed by atoms with Crippen molar-refractivity contribution in [2.24, 2.45) is 0 Å². The Morgan fingerprint density at radius 1 is 1.35 bits per heavy atom. The summed E-state index contributed by atoms with van der Waals surface area (Å²) in [6.45, 7) is 0.646. The highest BCUT2D eigenvalue weighted by Crippen LogP contribution is 2.16. The molecule has 0 aliphatic carbocycles. The van der Waals surface area contributed by atoms with E-state index in [2.05, 4.69) is 59.5 Å². The second-order valence-corrected chi connectivity index (χ2v) is 7.09. The Balaban J connectivity index is 2.01. The Bertz CT molecular complexity index is 569. The summed E-state index contributed by atoms with van der Waals surface area (Å²) >= 11 is 3.95. The van der Waals surface area contributed by atoms with Gasteiger partial charge in [-0.1, -0.05) is 12.1 Å². The molecule has 0 saturated heterocycles. The molecule has 0 radical (unpaired) electrons. The van der Waals surface area contributed by atoms with Gasteiger partial charge >= 0.3 is 0 Å². The molecule has 1 atom stereocenters. The molecule has 0 saturated carbocycles. The second-order valence-electron chi connectivity index (χ2n) is 4.87. The predicted molar refractivity (Wildman–Crippen MR) is 91.4 cm³/mol. The molecule has 1 amide bonds. The van der Waals surface area contributed by atoms with Gasteiger partial charge in [-0.05, 0) is 52.2 Å². The highest BCUT2D eigenvalue weighted by atomic mass is 127. The first kappa shape index (κ1) is 15.5. The normalized spacial score (nSPS) is 12.4. The van der Waals surface area contributed by atoms with E-state index in [9.17, 15) is 4.79 Å². The lowest BCUT2D eigenvalue weighted by Gasteiger charge is -2.20. The van der Waals surface area contributed by atoms with E-state index in [1.165, 1.54) is 9.78 Å². The molecule has 2 aromatic rings. The Morgan fingerprint density at radius 3 is 2.75 bits per heavy atom. The van der Waals surface area contributed by atoms with Gasteiger partial charge in [-0.15, -0.1) is 11.3 Å². The van der Waals surface area contributed by atoms with E-state index in [0.717, 1.165) is 9.13 Å². The van der Waals surface area contributed by atoms with Crippen LogP contribution in [0.4, 0.5) is 0 Å². The van der Waals surface area contributed by atoms with Crippen LogP contribution in [0, 0.1) is 3.57 Å². The van der Waals surface area contributed by atoms with E-state index in [0.29, 0.717) is 12.6 Å². The van der Waals surface area contributed by atoms with Crippen LogP contribution in [0.1, 0.15) is 21.3 Å². The molecule has 5 heteroatoms. The van der Waals surface area contributed by atoms with Gasteiger partial charge in [0.05, 0.1) is 25.5 Å². The lowest BCUT2D eigenvalue weighted by molar-refractivity contribution is -0.890. The summed E-state index contributed by atoms with van der Waals surface area (Å²) in [7, 11) is 4.23. The third-order valence-corrected chi connectivity index (χ3v) is 4.79. The molecule has 0 aliphatic rings. The van der Waals surface area contributed by atoms with E-state index < -0.39 is 0 Å². The minimum absolute atomic E-state index is 0.00804. The van der Waals surface area contributed by atoms with Crippen molar-refractivity contribution >= 4 is 39.8 Å². The highest BCUT2D eigenvalue weighted by molar-refractivity contribution is 14.1. The number of nitrogens with one attached hydrogen (secondary N) is 2. The average molecular weight is 401 g/mol. The van der Waals surface area contributed by atoms with Gasteiger partial charge in [0.25, 0.3) is 5.91 Å². The van der Waals surface area contributed by atoms with Crippen molar-refractivity contribution in [3.05, 3.63) is 55.8 Å². The van der Waals surface area contributed by atoms with E-state index in [1.54, 1.807) is 11.3 Å². The van der Waals surface area contributed by atoms with Crippen molar-refractivity contribution in [2.45, 2.75) is 6.04 Å². The van der Waals surface area contributed by atoms with Crippen molar-refractivity contribution in [3.8, 4) is 0 Å². The van der Waals surface area contributed by atoms with E-state index in [1.807, 2.05) is 24.3 Å². The van der Waals surface area contributed by atoms with Crippen LogP contribution in [-0.4, -0.2) is 26.5 Å². The third-order valence-electron chi connectivity index (χ3n) is 3.14. The quantitative estimate of drug-likeness (QED) is 0.739. The minimum Gasteiger partial charge on any atom is -0.346 e. The second kappa shape index (κ2) is 7.19. The topological polar surface area (TPSA) is 33.5 Å². The standard InChI is InChI=1S/C15H17IN2OS/c1-18(2)13(14-7-4-8-20-14)10-17-15(19)11-5-3-6-12(16)9-11/h3-9,13H,10H2,1-2H3,(H,17,19)/p+1/t13-/m0/s1. The average Bonchev–Trinajstić information content (AvgIpc) is 2.92. The van der Waals surface area contributed by atoms with E-state index in [-0.39, 0.29) is 5.91 Å². The maximum atomic E-state index is 12.2. The van der Waals surface area contributed by atoms with E-state index >= 15 is 0 Å². The molecule has 0 fully saturated rings. The van der Waals surface area contributed by atoms with Crippen LogP contribution in [0.5, 0.6) is 0 Å². The summed E-state index contributed by atoms with van der Waals surface area (Å²) in [5.74, 6) is -0.00804. The fourth-order valence-electron chi connectivity index (χ4n) is 2.01. The van der Waals surface area contributed by atoms with Gasteiger partial charge < -0.3 is 10.2 Å². The zero-order chi connectivity index (χ0) is 14.5. The molecule has 1 aromatic carbocycles. The number of hydrogen-bond acceptors (Lipinski definition) is 2. The van der Waals surface area contributed by atoms with Gasteiger partial charge in [-0.2, -0.15) is 0 Å². The number of quaternary nitrogens is 1. The first-order chi connectivity index (χ1) is 9.58. The number of halogens is 1. The van der Waals surface area contributed by atoms with Crippen molar-refractivity contribution in [1.82, 2.24) is 5.32 Å². The summed E-state index contributed by atoms with van der Waals surface area (Å²) in [4.78, 5) is 14.8. The van der Waals surface area contributed by atoms with E-state index in [4.69, 9.17) is 0 Å². The monoisotopic (exact) mass is 401 g/mol. The lowest BCUT2D eigenvalue weighted by atomic mass is 10.2. The van der Waals surface area contributed by atoms with Crippen LogP contribution in [0.2, 0.25) is 0 Å². The smallest absolute Gasteiger partial charge is 0.251 e. The third kappa shape index (κ3) is 4.04. The summed E-state index contributed by atoms with van der Waals surface area (Å²) in [5, 5.41) is 5.12. The van der Waals surface area contributed by atoms with Crippen LogP contribution in [0.25, 0.3) is 0 Å². The lowest BCUT2D eigenvalue weighted by Crippen LogP contribution is -3.06. The van der Waals surface area contributed by atoms with Gasteiger partial charge in [-0.25, -0.2) is 0 Å². The molecular formula is C15H18IN2OS+. The molecule has 20 heavy (non-hydrogen) atoms. The molecular weight excluding hydrogens is 383 g/mol. The number of likely N-dealkylation sites (N-methyl/N-ethyl adjacent to an activating group) is 1. The minimum atomic E-state index is -0.00804. The fourth-order valence-corrected chi connectivity index (χ4v) is 3.50. The van der Waals surface area contributed by atoms with Crippen LogP contribution in [0.3, 0.4) is 0 Å². The predicted octanol–water partition coefficient (Wildman–Crippen LogP) is 1.97. The summed E-state index contributed by atoms with van der Waals surface area (Å²) in [5.41, 5.74) is 0.718. The molecule has 2 rings (SSSR count). The van der Waals surface area contributed by atoms with Gasteiger partial charge in [0.15, 0.2) is 0 Å². The van der Waals surface area contributed by atoms with Crippen LogP contribution in [0.15, 0.2) is 41.8 Å². The molecule has 0 unspecified atom stereocenters. The molecule has 1 heterocycles. The van der Waals surface area contributed by atoms with Gasteiger partial charge in [0.2, 0.25) is 0 Å². The van der Waals surface area contributed by atoms with Gasteiger partial charge in [0.1, 0.15) is 6.04 Å². The summed E-state index contributed by atoms with van der Waals surface area (Å²) in [6.07, 6.45) is 0. The number of hydrogen-bond donors (Lipinski definition) is 2. The maximum Gasteiger partial charge on any atom is 0.251 e. The molecule has 1 aromatic heterocycles. The number of carbonyl (C=O) groups is 1. The first-order valence-electron chi connectivity index (χ1n) is 6.45. The summed E-state index contributed by atoms with van der Waals surface area (Å²) < 4.78 is 1.07. The van der Waals surface area contributed by atoms with Gasteiger partial charge in [-0.3, -0.25) is 4.79 Å². The van der Waals surface area contributed by atoms with Crippen molar-refractivity contribution in [2.75, 3.05) is 20.6 Å². The Hall–Kier alpha value is -0.920. The Kier molecular flexibility index (Phi) is 5.56. The summed E-state index contributed by atoms with van der Waals surface area (Å²) in [6, 6.07) is 12.1. The number of carbonyl (C=O) groups excluding carboxylic acids is 1. The Morgan fingerprint density at radius 2 is 2.15 bits per heavy atom. The first-order valence-corrected chi connectivity index (χ1v) is 8.41. The highest BCUT2D eigenvalue weighted by Gasteiger charge is 2.19. The molecule has 106 valence electrons. The fraction of sp³-hybridized carbons (Fsp3) is 0.267. The van der Waals surface area contributed by atoms with Crippen molar-refractivity contribution in [3.63, 3.8) is 0 Å². The van der Waals surface area contributed by atoms with Crippen LogP contribution in [-0.2, 0) is 0 Å². The molecule has 3 nitrogen and oxygen atoms in total. The van der Waals surface area contributed by atoms with Crippen molar-refractivity contribution < 1.29 is 9.69 Å². The number of benzene rings is 1. The SMILES string of the molecule is C[NH+](C)[C@@H](CNC(=O)c1cccc(I)c1)c1cccs1. The van der Waals surface area contributed by atoms with Crippen LogP contribution < -0.4 is 10.2 Å². The molecule has 0 aliphatic heterocycles. The van der Waals surface area contributed by atoms with Crippen LogP contribution >= 0.6 is 33.9 Å². The number of amides is 1. The number of rotatable bonds is 5. The zero-order valence-corrected chi connectivity index (χ0v) is 14.5.